The van der Waals surface area contributed by atoms with Crippen molar-refractivity contribution in [2.75, 3.05) is 21.2 Å². The Balaban J connectivity index is 2.94. The molecule has 0 unspecified atom stereocenters. The number of hydrogen-bond donors (Lipinski definition) is 0. The lowest BCUT2D eigenvalue weighted by Crippen LogP contribution is -2.07. The third-order valence-electron chi connectivity index (χ3n) is 1.30. The highest BCUT2D eigenvalue weighted by Gasteiger charge is 2.04. The fourth-order valence-corrected chi connectivity index (χ4v) is 0.702. The molecule has 1 aromatic heterocycles. The number of rotatable bonds is 3. The molecule has 0 N–H and O–H groups in total. The first-order valence-corrected chi connectivity index (χ1v) is 3.90. The molecule has 0 bridgehead atoms. The van der Waals surface area contributed by atoms with E-state index in [2.05, 4.69) is 15.0 Å². The van der Waals surface area contributed by atoms with Crippen molar-refractivity contribution in [2.24, 2.45) is 4.99 Å². The summed E-state index contributed by atoms with van der Waals surface area (Å²) in [7, 11) is 4.96. The summed E-state index contributed by atoms with van der Waals surface area (Å²) in [6, 6.07) is 0.0947. The Kier molecular flexibility index (Phi) is 3.33. The van der Waals surface area contributed by atoms with Crippen molar-refractivity contribution in [3.8, 4) is 6.01 Å². The lowest BCUT2D eigenvalue weighted by atomic mass is 10.5. The molecule has 0 amide bonds. The summed E-state index contributed by atoms with van der Waals surface area (Å²) in [5.41, 5.74) is 0. The highest BCUT2D eigenvalue weighted by molar-refractivity contribution is 5.59. The monoisotopic (exact) mass is 198 g/mol. The number of methoxy groups -OCH3 is 1. The van der Waals surface area contributed by atoms with Gasteiger partial charge in [0.2, 0.25) is 0 Å². The first kappa shape index (κ1) is 10.4. The summed E-state index contributed by atoms with van der Waals surface area (Å²) in [6.07, 6.45) is 2.47. The Morgan fingerprint density at radius 2 is 2.29 bits per heavy atom. The van der Waals surface area contributed by atoms with Crippen LogP contribution in [-0.2, 0) is 0 Å². The van der Waals surface area contributed by atoms with Crippen LogP contribution in [0.15, 0.2) is 11.2 Å². The molecule has 0 radical (unpaired) electrons. The average molecular weight is 198 g/mol. The Morgan fingerprint density at radius 3 is 2.86 bits per heavy atom. The quantitative estimate of drug-likeness (QED) is 0.533. The van der Waals surface area contributed by atoms with Crippen molar-refractivity contribution >= 4 is 12.2 Å². The molecule has 1 aromatic rings. The van der Waals surface area contributed by atoms with Crippen LogP contribution in [-0.4, -0.2) is 42.4 Å². The molecule has 0 aliphatic carbocycles. The zero-order chi connectivity index (χ0) is 10.6. The van der Waals surface area contributed by atoms with Crippen LogP contribution in [0.3, 0.4) is 0 Å². The van der Waals surface area contributed by atoms with E-state index in [1.165, 1.54) is 13.4 Å². The average Bonchev–Trinajstić information content (AvgIpc) is 2.16. The van der Waals surface area contributed by atoms with Crippen molar-refractivity contribution in [1.29, 1.82) is 0 Å². The van der Waals surface area contributed by atoms with Gasteiger partial charge in [-0.3, -0.25) is 0 Å². The molecule has 0 saturated heterocycles. The van der Waals surface area contributed by atoms with Crippen molar-refractivity contribution in [3.05, 3.63) is 12.0 Å². The van der Waals surface area contributed by atoms with Gasteiger partial charge in [0.1, 0.15) is 0 Å². The van der Waals surface area contributed by atoms with Crippen LogP contribution >= 0.6 is 0 Å². The van der Waals surface area contributed by atoms with Gasteiger partial charge in [-0.05, 0) is 0 Å². The second-order valence-corrected chi connectivity index (χ2v) is 2.74. The van der Waals surface area contributed by atoms with Crippen LogP contribution in [0.1, 0.15) is 0 Å². The molecule has 0 aliphatic heterocycles. The number of ether oxygens (including phenoxy) is 1. The fourth-order valence-electron chi connectivity index (χ4n) is 0.702. The van der Waals surface area contributed by atoms with Crippen LogP contribution in [0.4, 0.5) is 10.2 Å². The van der Waals surface area contributed by atoms with Crippen LogP contribution in [0.5, 0.6) is 6.01 Å². The van der Waals surface area contributed by atoms with Crippen LogP contribution < -0.4 is 4.74 Å². The molecule has 1 rings (SSSR count). The van der Waals surface area contributed by atoms with E-state index in [-0.39, 0.29) is 11.8 Å². The number of hydrogen-bond acceptors (Lipinski definition) is 4. The van der Waals surface area contributed by atoms with E-state index in [0.29, 0.717) is 0 Å². The van der Waals surface area contributed by atoms with Crippen molar-refractivity contribution in [3.63, 3.8) is 0 Å². The molecule has 1 heterocycles. The van der Waals surface area contributed by atoms with Gasteiger partial charge in [-0.2, -0.15) is 4.98 Å². The van der Waals surface area contributed by atoms with Gasteiger partial charge in [0, 0.05) is 14.1 Å². The van der Waals surface area contributed by atoms with Gasteiger partial charge in [0.25, 0.3) is 0 Å². The number of aliphatic imine (C=N–C) groups is 1. The minimum Gasteiger partial charge on any atom is -0.467 e. The summed E-state index contributed by atoms with van der Waals surface area (Å²) in [4.78, 5) is 12.8. The Morgan fingerprint density at radius 1 is 1.57 bits per heavy atom. The SMILES string of the molecule is COc1ncc(F)c(N=CN(C)C)n1. The third-order valence-corrected chi connectivity index (χ3v) is 1.30. The van der Waals surface area contributed by atoms with Crippen molar-refractivity contribution < 1.29 is 9.13 Å². The largest absolute Gasteiger partial charge is 0.467 e. The van der Waals surface area contributed by atoms with E-state index < -0.39 is 5.82 Å². The first-order valence-electron chi connectivity index (χ1n) is 3.90. The molecular weight excluding hydrogens is 187 g/mol. The Labute approximate surface area is 81.3 Å². The minimum atomic E-state index is -0.580. The number of nitrogens with zero attached hydrogens (tertiary/aromatic N) is 4. The van der Waals surface area contributed by atoms with Crippen molar-refractivity contribution in [2.45, 2.75) is 0 Å². The molecule has 0 aliphatic rings. The highest BCUT2D eigenvalue weighted by Crippen LogP contribution is 2.15. The zero-order valence-corrected chi connectivity index (χ0v) is 8.23. The third kappa shape index (κ3) is 2.65. The standard InChI is InChI=1S/C8H11FN4O/c1-13(2)5-11-7-6(9)4-10-8(12-7)14-3/h4-5H,1-3H3. The molecule has 0 atom stereocenters. The maximum Gasteiger partial charge on any atom is 0.318 e. The van der Waals surface area contributed by atoms with Crippen LogP contribution in [0, 0.1) is 5.82 Å². The molecule has 5 nitrogen and oxygen atoms in total. The first-order chi connectivity index (χ1) is 6.63. The van der Waals surface area contributed by atoms with Crippen LogP contribution in [0.25, 0.3) is 0 Å². The Hall–Kier alpha value is -1.72. The van der Waals surface area contributed by atoms with Gasteiger partial charge in [0.05, 0.1) is 19.6 Å². The predicted octanol–water partition coefficient (Wildman–Crippen LogP) is 0.846. The Bertz CT molecular complexity index is 340. The van der Waals surface area contributed by atoms with Gasteiger partial charge in [-0.1, -0.05) is 0 Å². The summed E-state index contributed by atoms with van der Waals surface area (Å²) < 4.78 is 17.8. The summed E-state index contributed by atoms with van der Waals surface area (Å²) >= 11 is 0. The van der Waals surface area contributed by atoms with E-state index in [9.17, 15) is 4.39 Å². The molecule has 0 aromatic carbocycles. The molecule has 76 valence electrons. The summed E-state index contributed by atoms with van der Waals surface area (Å²) in [5.74, 6) is -0.616. The number of halogens is 1. The molecule has 0 fully saturated rings. The smallest absolute Gasteiger partial charge is 0.318 e. The molecule has 6 heteroatoms. The normalized spacial score (nSPS) is 10.6. The summed E-state index contributed by atoms with van der Waals surface area (Å²) in [5, 5.41) is 0. The maximum atomic E-state index is 13.0. The lowest BCUT2D eigenvalue weighted by molar-refractivity contribution is 0.377. The predicted molar refractivity (Wildman–Crippen MR) is 50.4 cm³/mol. The van der Waals surface area contributed by atoms with E-state index in [1.54, 1.807) is 19.0 Å². The van der Waals surface area contributed by atoms with Gasteiger partial charge in [0.15, 0.2) is 11.6 Å². The van der Waals surface area contributed by atoms with Gasteiger partial charge < -0.3 is 9.64 Å². The highest BCUT2D eigenvalue weighted by atomic mass is 19.1. The van der Waals surface area contributed by atoms with Gasteiger partial charge >= 0.3 is 6.01 Å². The molecular formula is C8H11FN4O. The second-order valence-electron chi connectivity index (χ2n) is 2.74. The fraction of sp³-hybridized carbons (Fsp3) is 0.375. The molecule has 0 saturated carbocycles. The van der Waals surface area contributed by atoms with E-state index in [4.69, 9.17) is 4.74 Å². The minimum absolute atomic E-state index is 0.0365. The summed E-state index contributed by atoms with van der Waals surface area (Å²) in [6.45, 7) is 0. The van der Waals surface area contributed by atoms with Crippen molar-refractivity contribution in [1.82, 2.24) is 14.9 Å². The second kappa shape index (κ2) is 4.50. The van der Waals surface area contributed by atoms with E-state index >= 15 is 0 Å². The molecule has 14 heavy (non-hydrogen) atoms. The zero-order valence-electron chi connectivity index (χ0n) is 8.23. The van der Waals surface area contributed by atoms with Gasteiger partial charge in [-0.15, -0.1) is 0 Å². The topological polar surface area (TPSA) is 50.6 Å². The van der Waals surface area contributed by atoms with E-state index in [1.807, 2.05) is 0 Å². The number of aromatic nitrogens is 2. The van der Waals surface area contributed by atoms with E-state index in [0.717, 1.165) is 6.20 Å². The maximum absolute atomic E-state index is 13.0. The lowest BCUT2D eigenvalue weighted by Gasteiger charge is -2.03. The van der Waals surface area contributed by atoms with Crippen LogP contribution in [0.2, 0.25) is 0 Å². The molecule has 0 spiro atoms. The van der Waals surface area contributed by atoms with Gasteiger partial charge in [-0.25, -0.2) is 14.4 Å².